The second kappa shape index (κ2) is 7.97. The summed E-state index contributed by atoms with van der Waals surface area (Å²) < 4.78 is 4.69. The highest BCUT2D eigenvalue weighted by Crippen LogP contribution is 2.28. The van der Waals surface area contributed by atoms with E-state index in [1.165, 1.54) is 18.9 Å². The molecule has 1 aromatic carbocycles. The lowest BCUT2D eigenvalue weighted by Gasteiger charge is -2.04. The fourth-order valence-corrected chi connectivity index (χ4v) is 2.52. The maximum Gasteiger partial charge on any atom is 0.337 e. The van der Waals surface area contributed by atoms with Gasteiger partial charge in [0.2, 0.25) is 5.96 Å². The van der Waals surface area contributed by atoms with Crippen LogP contribution in [0.15, 0.2) is 62.5 Å². The Bertz CT molecular complexity index is 785. The first-order valence-corrected chi connectivity index (χ1v) is 7.55. The Morgan fingerprint density at radius 2 is 1.88 bits per heavy atom. The molecule has 1 heterocycles. The Labute approximate surface area is 142 Å². The summed E-state index contributed by atoms with van der Waals surface area (Å²) in [6, 6.07) is 10.5. The van der Waals surface area contributed by atoms with E-state index in [1.54, 1.807) is 30.5 Å². The summed E-state index contributed by atoms with van der Waals surface area (Å²) in [5.41, 5.74) is 17.1. The van der Waals surface area contributed by atoms with Gasteiger partial charge in [-0.3, -0.25) is 0 Å². The van der Waals surface area contributed by atoms with Crippen LogP contribution < -0.4 is 17.2 Å². The molecule has 0 fully saturated rings. The molecule has 24 heavy (non-hydrogen) atoms. The maximum atomic E-state index is 11.5. The van der Waals surface area contributed by atoms with Crippen molar-refractivity contribution in [2.45, 2.75) is 9.92 Å². The van der Waals surface area contributed by atoms with Gasteiger partial charge < -0.3 is 21.9 Å². The molecule has 124 valence electrons. The molecule has 9 heteroatoms. The maximum absolute atomic E-state index is 11.5. The second-order valence-corrected chi connectivity index (χ2v) is 5.57. The third-order valence-electron chi connectivity index (χ3n) is 2.70. The Balaban J connectivity index is 2.12. The number of benzene rings is 1. The van der Waals surface area contributed by atoms with E-state index in [-0.39, 0.29) is 11.9 Å². The molecule has 1 aromatic heterocycles. The smallest absolute Gasteiger partial charge is 0.337 e. The van der Waals surface area contributed by atoms with E-state index in [4.69, 9.17) is 21.9 Å². The Morgan fingerprint density at radius 3 is 2.50 bits per heavy atom. The number of carbonyl (C=O) groups excluding carboxylic acids is 1. The number of hydrogen-bond acceptors (Lipinski definition) is 5. The van der Waals surface area contributed by atoms with E-state index in [1.807, 2.05) is 12.1 Å². The lowest BCUT2D eigenvalue weighted by atomic mass is 10.3. The number of pyridine rings is 1. The van der Waals surface area contributed by atoms with Crippen LogP contribution in [0.1, 0.15) is 10.4 Å². The fourth-order valence-electron chi connectivity index (χ4n) is 1.71. The summed E-state index contributed by atoms with van der Waals surface area (Å²) >= 11 is 1.40. The predicted octanol–water partition coefficient (Wildman–Crippen LogP) is 1.24. The largest absolute Gasteiger partial charge is 0.465 e. The zero-order valence-corrected chi connectivity index (χ0v) is 13.7. The molecule has 0 aliphatic heterocycles. The predicted molar refractivity (Wildman–Crippen MR) is 93.2 cm³/mol. The zero-order chi connectivity index (χ0) is 17.5. The quantitative estimate of drug-likeness (QED) is 0.430. The number of ether oxygens (including phenoxy) is 1. The highest BCUT2D eigenvalue weighted by atomic mass is 32.2. The molecular weight excluding hydrogens is 328 g/mol. The molecule has 8 nitrogen and oxygen atoms in total. The molecule has 0 bridgehead atoms. The molecule has 0 atom stereocenters. The SMILES string of the molecule is COC(=O)c1ccnc(Sc2ccc(N=C(N)N=C(N)N)cc2)c1. The molecule has 0 unspecified atom stereocenters. The molecule has 0 spiro atoms. The van der Waals surface area contributed by atoms with Crippen molar-refractivity contribution in [1.82, 2.24) is 4.98 Å². The van der Waals surface area contributed by atoms with Gasteiger partial charge in [0.15, 0.2) is 5.96 Å². The average Bonchev–Trinajstić information content (AvgIpc) is 2.55. The molecule has 0 aliphatic carbocycles. The molecule has 0 saturated heterocycles. The molecule has 2 rings (SSSR count). The van der Waals surface area contributed by atoms with Crippen molar-refractivity contribution in [2.24, 2.45) is 27.2 Å². The second-order valence-electron chi connectivity index (χ2n) is 4.48. The van der Waals surface area contributed by atoms with Gasteiger partial charge in [-0.25, -0.2) is 14.8 Å². The van der Waals surface area contributed by atoms with E-state index in [9.17, 15) is 4.79 Å². The highest BCUT2D eigenvalue weighted by Gasteiger charge is 2.07. The third kappa shape index (κ3) is 4.99. The van der Waals surface area contributed by atoms with Crippen molar-refractivity contribution in [3.8, 4) is 0 Å². The number of nitrogens with zero attached hydrogens (tertiary/aromatic N) is 3. The summed E-state index contributed by atoms with van der Waals surface area (Å²) in [7, 11) is 1.34. The number of hydrogen-bond donors (Lipinski definition) is 3. The number of methoxy groups -OCH3 is 1. The Morgan fingerprint density at radius 1 is 1.17 bits per heavy atom. The van der Waals surface area contributed by atoms with Gasteiger partial charge in [0.05, 0.1) is 18.4 Å². The summed E-state index contributed by atoms with van der Waals surface area (Å²) in [6.45, 7) is 0. The van der Waals surface area contributed by atoms with Crippen LogP contribution >= 0.6 is 11.8 Å². The highest BCUT2D eigenvalue weighted by molar-refractivity contribution is 7.99. The third-order valence-corrected chi connectivity index (χ3v) is 3.64. The first-order valence-electron chi connectivity index (χ1n) is 6.74. The summed E-state index contributed by atoms with van der Waals surface area (Å²) in [6.07, 6.45) is 1.56. The number of nitrogens with two attached hydrogens (primary N) is 3. The van der Waals surface area contributed by atoms with Crippen LogP contribution in [0.25, 0.3) is 0 Å². The number of esters is 1. The fraction of sp³-hybridized carbons (Fsp3) is 0.0667. The summed E-state index contributed by atoms with van der Waals surface area (Å²) in [5, 5.41) is 0.675. The molecule has 0 radical (unpaired) electrons. The normalized spacial score (nSPS) is 11.0. The van der Waals surface area contributed by atoms with Gasteiger partial charge in [0, 0.05) is 11.1 Å². The molecule has 0 aliphatic rings. The van der Waals surface area contributed by atoms with Gasteiger partial charge in [0.25, 0.3) is 0 Å². The Hall–Kier alpha value is -3.07. The minimum Gasteiger partial charge on any atom is -0.465 e. The van der Waals surface area contributed by atoms with Crippen molar-refractivity contribution in [1.29, 1.82) is 0 Å². The van der Waals surface area contributed by atoms with Gasteiger partial charge in [-0.1, -0.05) is 11.8 Å². The van der Waals surface area contributed by atoms with Crippen LogP contribution in [0.2, 0.25) is 0 Å². The first-order chi connectivity index (χ1) is 11.5. The van der Waals surface area contributed by atoms with Gasteiger partial charge in [-0.15, -0.1) is 0 Å². The van der Waals surface area contributed by atoms with E-state index >= 15 is 0 Å². The van der Waals surface area contributed by atoms with Crippen molar-refractivity contribution in [3.63, 3.8) is 0 Å². The summed E-state index contributed by atoms with van der Waals surface area (Å²) in [4.78, 5) is 24.4. The lowest BCUT2D eigenvalue weighted by molar-refractivity contribution is 0.0600. The van der Waals surface area contributed by atoms with Gasteiger partial charge >= 0.3 is 5.97 Å². The van der Waals surface area contributed by atoms with E-state index in [0.717, 1.165) is 4.90 Å². The Kier molecular flexibility index (Phi) is 5.74. The number of aromatic nitrogens is 1. The molecular formula is C15H16N6O2S. The van der Waals surface area contributed by atoms with E-state index in [0.29, 0.717) is 16.3 Å². The van der Waals surface area contributed by atoms with Crippen molar-refractivity contribution in [3.05, 3.63) is 48.2 Å². The lowest BCUT2D eigenvalue weighted by Crippen LogP contribution is -2.26. The summed E-state index contributed by atoms with van der Waals surface area (Å²) in [5.74, 6) is -0.582. The van der Waals surface area contributed by atoms with Gasteiger partial charge in [-0.2, -0.15) is 4.99 Å². The van der Waals surface area contributed by atoms with Gasteiger partial charge in [-0.05, 0) is 36.4 Å². The zero-order valence-electron chi connectivity index (χ0n) is 12.8. The molecule has 0 amide bonds. The number of guanidine groups is 2. The van der Waals surface area contributed by atoms with Crippen LogP contribution in [0.5, 0.6) is 0 Å². The number of aliphatic imine (C=N–C) groups is 2. The van der Waals surface area contributed by atoms with Crippen LogP contribution in [0.4, 0.5) is 5.69 Å². The molecule has 0 saturated carbocycles. The minimum atomic E-state index is -0.404. The van der Waals surface area contributed by atoms with E-state index in [2.05, 4.69) is 15.0 Å². The number of rotatable bonds is 4. The first kappa shape index (κ1) is 17.3. The van der Waals surface area contributed by atoms with Crippen molar-refractivity contribution >= 4 is 35.3 Å². The van der Waals surface area contributed by atoms with Gasteiger partial charge in [0.1, 0.15) is 5.03 Å². The number of carbonyl (C=O) groups is 1. The average molecular weight is 344 g/mol. The molecule has 2 aromatic rings. The van der Waals surface area contributed by atoms with Crippen LogP contribution in [0.3, 0.4) is 0 Å². The van der Waals surface area contributed by atoms with E-state index < -0.39 is 5.97 Å². The standard InChI is InChI=1S/C15H16N6O2S/c1-23-13(22)9-6-7-19-12(8-9)24-11-4-2-10(3-5-11)20-15(18)21-14(16)17/h2-8H,1H3,(H6,16,17,18,20,21). The van der Waals surface area contributed by atoms with Crippen molar-refractivity contribution in [2.75, 3.05) is 7.11 Å². The monoisotopic (exact) mass is 344 g/mol. The minimum absolute atomic E-state index is 0.0251. The van der Waals surface area contributed by atoms with Crippen LogP contribution in [-0.4, -0.2) is 30.0 Å². The topological polar surface area (TPSA) is 142 Å². The van der Waals surface area contributed by atoms with Crippen molar-refractivity contribution < 1.29 is 9.53 Å². The van der Waals surface area contributed by atoms with Crippen LogP contribution in [-0.2, 0) is 4.74 Å². The van der Waals surface area contributed by atoms with Crippen LogP contribution in [0, 0.1) is 0 Å². The molecule has 6 N–H and O–H groups in total.